The molecule has 1 aromatic heterocycles. The van der Waals surface area contributed by atoms with Crippen molar-refractivity contribution >= 4 is 10.9 Å². The van der Waals surface area contributed by atoms with Gasteiger partial charge in [-0.25, -0.2) is 0 Å². The van der Waals surface area contributed by atoms with E-state index in [1.165, 1.54) is 35.9 Å². The van der Waals surface area contributed by atoms with Gasteiger partial charge in [0.1, 0.15) is 0 Å². The molecular weight excluding hydrogens is 184 g/mol. The van der Waals surface area contributed by atoms with E-state index in [0.717, 1.165) is 5.92 Å². The zero-order valence-electron chi connectivity index (χ0n) is 8.82. The average molecular weight is 200 g/mol. The third-order valence-corrected chi connectivity index (χ3v) is 3.23. The maximum Gasteiger partial charge on any atom is 0.0483 e. The highest BCUT2D eigenvalue weighted by molar-refractivity contribution is 5.80. The summed E-state index contributed by atoms with van der Waals surface area (Å²) in [6.07, 6.45) is 5.00. The van der Waals surface area contributed by atoms with E-state index in [2.05, 4.69) is 35.0 Å². The number of rotatable bonds is 3. The molecule has 0 saturated heterocycles. The van der Waals surface area contributed by atoms with E-state index in [0.29, 0.717) is 6.54 Å². The summed E-state index contributed by atoms with van der Waals surface area (Å²) >= 11 is 0. The first kappa shape index (κ1) is 8.98. The molecule has 1 aliphatic carbocycles. The molecule has 0 unspecified atom stereocenters. The van der Waals surface area contributed by atoms with E-state index in [4.69, 9.17) is 5.73 Å². The molecule has 0 aliphatic heterocycles. The van der Waals surface area contributed by atoms with Gasteiger partial charge >= 0.3 is 0 Å². The molecule has 1 saturated carbocycles. The largest absolute Gasteiger partial charge is 0.347 e. The Kier molecular flexibility index (Phi) is 2.03. The van der Waals surface area contributed by atoms with E-state index in [9.17, 15) is 0 Å². The van der Waals surface area contributed by atoms with Crippen LogP contribution in [0.15, 0.2) is 30.5 Å². The number of fused-ring (bicyclic) bond motifs is 1. The van der Waals surface area contributed by atoms with E-state index < -0.39 is 0 Å². The summed E-state index contributed by atoms with van der Waals surface area (Å²) in [7, 11) is 0. The number of aromatic nitrogens is 1. The molecule has 2 N–H and O–H groups in total. The fraction of sp³-hybridized carbons (Fsp3) is 0.385. The molecule has 1 aromatic carbocycles. The highest BCUT2D eigenvalue weighted by Gasteiger charge is 2.21. The van der Waals surface area contributed by atoms with Crippen molar-refractivity contribution in [3.05, 3.63) is 36.0 Å². The van der Waals surface area contributed by atoms with Gasteiger partial charge in [0.2, 0.25) is 0 Å². The first-order valence-corrected chi connectivity index (χ1v) is 5.64. The second kappa shape index (κ2) is 3.38. The first-order chi connectivity index (χ1) is 7.36. The monoisotopic (exact) mass is 200 g/mol. The quantitative estimate of drug-likeness (QED) is 0.811. The van der Waals surface area contributed by atoms with Gasteiger partial charge in [0, 0.05) is 24.8 Å². The Bertz CT molecular complexity index is 480. The van der Waals surface area contributed by atoms with Crippen LogP contribution < -0.4 is 5.73 Å². The highest BCUT2D eigenvalue weighted by atomic mass is 15.0. The molecule has 1 heterocycles. The van der Waals surface area contributed by atoms with Crippen LogP contribution >= 0.6 is 0 Å². The van der Waals surface area contributed by atoms with Crippen LogP contribution in [0.3, 0.4) is 0 Å². The van der Waals surface area contributed by atoms with Crippen LogP contribution in [-0.4, -0.2) is 4.57 Å². The predicted octanol–water partition coefficient (Wildman–Crippen LogP) is 2.51. The zero-order chi connectivity index (χ0) is 10.3. The van der Waals surface area contributed by atoms with Crippen LogP contribution in [0.1, 0.15) is 18.4 Å². The molecule has 3 rings (SSSR count). The van der Waals surface area contributed by atoms with Crippen LogP contribution in [-0.2, 0) is 13.1 Å². The summed E-state index contributed by atoms with van der Waals surface area (Å²) in [5, 5.41) is 1.33. The van der Waals surface area contributed by atoms with Gasteiger partial charge in [0.25, 0.3) is 0 Å². The summed E-state index contributed by atoms with van der Waals surface area (Å²) < 4.78 is 2.37. The smallest absolute Gasteiger partial charge is 0.0483 e. The number of nitrogens with two attached hydrogens (primary N) is 1. The molecule has 0 radical (unpaired) electrons. The van der Waals surface area contributed by atoms with Gasteiger partial charge in [-0.1, -0.05) is 12.1 Å². The normalized spacial score (nSPS) is 16.1. The maximum absolute atomic E-state index is 5.66. The molecule has 0 bridgehead atoms. The molecule has 15 heavy (non-hydrogen) atoms. The number of nitrogens with zero attached hydrogens (tertiary/aromatic N) is 1. The van der Waals surface area contributed by atoms with Crippen LogP contribution in [0, 0.1) is 5.92 Å². The molecule has 2 heteroatoms. The summed E-state index contributed by atoms with van der Waals surface area (Å²) in [5.74, 6) is 0.919. The summed E-state index contributed by atoms with van der Waals surface area (Å²) in [5.41, 5.74) is 8.22. The second-order valence-electron chi connectivity index (χ2n) is 4.51. The van der Waals surface area contributed by atoms with E-state index in [1.807, 2.05) is 0 Å². The van der Waals surface area contributed by atoms with Crippen molar-refractivity contribution in [3.8, 4) is 0 Å². The van der Waals surface area contributed by atoms with Gasteiger partial charge in [-0.3, -0.25) is 0 Å². The maximum atomic E-state index is 5.66. The molecule has 78 valence electrons. The highest BCUT2D eigenvalue weighted by Crippen LogP contribution is 2.32. The second-order valence-corrected chi connectivity index (χ2v) is 4.51. The Hall–Kier alpha value is -1.28. The molecular formula is C13H16N2. The van der Waals surface area contributed by atoms with E-state index in [-0.39, 0.29) is 0 Å². The average Bonchev–Trinajstić information content (AvgIpc) is 3.00. The van der Waals surface area contributed by atoms with Crippen molar-refractivity contribution in [1.29, 1.82) is 0 Å². The minimum absolute atomic E-state index is 0.630. The lowest BCUT2D eigenvalue weighted by Gasteiger charge is -2.05. The third-order valence-electron chi connectivity index (χ3n) is 3.23. The Morgan fingerprint density at radius 3 is 2.87 bits per heavy atom. The van der Waals surface area contributed by atoms with Crippen molar-refractivity contribution in [1.82, 2.24) is 4.57 Å². The Labute approximate surface area is 89.7 Å². The van der Waals surface area contributed by atoms with Gasteiger partial charge in [-0.05, 0) is 41.8 Å². The van der Waals surface area contributed by atoms with Crippen molar-refractivity contribution in [2.45, 2.75) is 25.9 Å². The van der Waals surface area contributed by atoms with Crippen molar-refractivity contribution in [3.63, 3.8) is 0 Å². The minimum atomic E-state index is 0.630. The van der Waals surface area contributed by atoms with Gasteiger partial charge in [-0.2, -0.15) is 0 Å². The summed E-state index contributed by atoms with van der Waals surface area (Å²) in [6.45, 7) is 1.81. The van der Waals surface area contributed by atoms with Crippen LogP contribution in [0.25, 0.3) is 10.9 Å². The van der Waals surface area contributed by atoms with Crippen molar-refractivity contribution < 1.29 is 0 Å². The minimum Gasteiger partial charge on any atom is -0.347 e. The van der Waals surface area contributed by atoms with E-state index >= 15 is 0 Å². The molecule has 0 atom stereocenters. The van der Waals surface area contributed by atoms with Crippen molar-refractivity contribution in [2.24, 2.45) is 11.7 Å². The lowest BCUT2D eigenvalue weighted by molar-refractivity contribution is 0.647. The predicted molar refractivity (Wildman–Crippen MR) is 62.6 cm³/mol. The van der Waals surface area contributed by atoms with Crippen LogP contribution in [0.2, 0.25) is 0 Å². The SMILES string of the molecule is NCc1ccc2ccn(CC3CC3)c2c1. The van der Waals surface area contributed by atoms with Crippen LogP contribution in [0.5, 0.6) is 0 Å². The van der Waals surface area contributed by atoms with E-state index in [1.54, 1.807) is 0 Å². The fourth-order valence-corrected chi connectivity index (χ4v) is 2.09. The first-order valence-electron chi connectivity index (χ1n) is 5.64. The number of benzene rings is 1. The molecule has 2 nitrogen and oxygen atoms in total. The van der Waals surface area contributed by atoms with Gasteiger partial charge in [0.05, 0.1) is 0 Å². The number of hydrogen-bond acceptors (Lipinski definition) is 1. The molecule has 2 aromatic rings. The lowest BCUT2D eigenvalue weighted by atomic mass is 10.1. The Morgan fingerprint density at radius 2 is 2.13 bits per heavy atom. The standard InChI is InChI=1S/C13H16N2/c14-8-11-3-4-12-5-6-15(13(12)7-11)9-10-1-2-10/h3-7,10H,1-2,8-9,14H2. The zero-order valence-corrected chi connectivity index (χ0v) is 8.82. The van der Waals surface area contributed by atoms with Crippen LogP contribution in [0.4, 0.5) is 0 Å². The Balaban J connectivity index is 2.04. The number of hydrogen-bond donors (Lipinski definition) is 1. The molecule has 1 aliphatic rings. The molecule has 0 amide bonds. The van der Waals surface area contributed by atoms with Gasteiger partial charge in [0.15, 0.2) is 0 Å². The third kappa shape index (κ3) is 1.65. The lowest BCUT2D eigenvalue weighted by Crippen LogP contribution is -1.99. The van der Waals surface area contributed by atoms with Crippen molar-refractivity contribution in [2.75, 3.05) is 0 Å². The van der Waals surface area contributed by atoms with Gasteiger partial charge < -0.3 is 10.3 Å². The van der Waals surface area contributed by atoms with Gasteiger partial charge in [-0.15, -0.1) is 0 Å². The Morgan fingerprint density at radius 1 is 1.27 bits per heavy atom. The molecule has 1 fully saturated rings. The molecule has 0 spiro atoms. The topological polar surface area (TPSA) is 30.9 Å². The summed E-state index contributed by atoms with van der Waals surface area (Å²) in [4.78, 5) is 0. The fourth-order valence-electron chi connectivity index (χ4n) is 2.09. The summed E-state index contributed by atoms with van der Waals surface area (Å²) in [6, 6.07) is 8.69.